The van der Waals surface area contributed by atoms with Gasteiger partial charge in [-0.2, -0.15) is 11.8 Å². The van der Waals surface area contributed by atoms with E-state index in [1.807, 2.05) is 49.6 Å². The van der Waals surface area contributed by atoms with E-state index in [9.17, 15) is 14.7 Å². The van der Waals surface area contributed by atoms with Gasteiger partial charge in [0.15, 0.2) is 0 Å². The van der Waals surface area contributed by atoms with Crippen molar-refractivity contribution in [2.45, 2.75) is 70.3 Å². The fourth-order valence-electron chi connectivity index (χ4n) is 5.45. The molecule has 0 spiro atoms. The van der Waals surface area contributed by atoms with Crippen molar-refractivity contribution in [2.75, 3.05) is 12.0 Å². The van der Waals surface area contributed by atoms with Crippen molar-refractivity contribution in [1.29, 1.82) is 0 Å². The van der Waals surface area contributed by atoms with Crippen LogP contribution in [0.25, 0.3) is 11.1 Å². The number of nitrogens with one attached hydrogen (secondary N) is 1. The zero-order valence-corrected chi connectivity index (χ0v) is 24.4. The minimum absolute atomic E-state index is 0. The Bertz CT molecular complexity index is 1240. The van der Waals surface area contributed by atoms with Crippen molar-refractivity contribution in [3.63, 3.8) is 0 Å². The van der Waals surface area contributed by atoms with Crippen molar-refractivity contribution in [1.82, 2.24) is 5.32 Å². The molecule has 1 atom stereocenters. The first-order valence-electron chi connectivity index (χ1n) is 13.8. The molecule has 4 nitrogen and oxygen atoms in total. The van der Waals surface area contributed by atoms with Crippen LogP contribution in [-0.4, -0.2) is 35.0 Å². The number of benzene rings is 3. The second kappa shape index (κ2) is 15.4. The van der Waals surface area contributed by atoms with E-state index in [2.05, 4.69) is 35.6 Å². The van der Waals surface area contributed by atoms with Crippen LogP contribution < -0.4 is 24.2 Å². The summed E-state index contributed by atoms with van der Waals surface area (Å²) < 4.78 is 0. The molecule has 1 amide bonds. The first-order chi connectivity index (χ1) is 18.5. The van der Waals surface area contributed by atoms with Crippen molar-refractivity contribution in [3.8, 4) is 11.1 Å². The molecule has 0 saturated heterocycles. The van der Waals surface area contributed by atoms with E-state index >= 15 is 0 Å². The zero-order chi connectivity index (χ0) is 26.9. The number of carbonyl (C=O) groups excluding carboxylic acids is 1. The quantitative estimate of drug-likeness (QED) is 0.353. The maximum atomic E-state index is 13.3. The van der Waals surface area contributed by atoms with Crippen molar-refractivity contribution in [3.05, 3.63) is 94.5 Å². The van der Waals surface area contributed by atoms with Gasteiger partial charge in [0.2, 0.25) is 0 Å². The van der Waals surface area contributed by atoms with Crippen LogP contribution in [0, 0.1) is 6.92 Å². The number of aryl methyl sites for hydroxylation is 3. The van der Waals surface area contributed by atoms with Gasteiger partial charge in [-0.15, -0.1) is 0 Å². The summed E-state index contributed by atoms with van der Waals surface area (Å²) in [6.45, 7) is 2.04. The molecule has 0 unspecified atom stereocenters. The van der Waals surface area contributed by atoms with Gasteiger partial charge in [-0.3, -0.25) is 4.79 Å². The van der Waals surface area contributed by atoms with E-state index in [0.29, 0.717) is 17.7 Å². The third-order valence-electron chi connectivity index (χ3n) is 7.74. The summed E-state index contributed by atoms with van der Waals surface area (Å²) in [5.74, 6) is 0.0369. The molecule has 3 aromatic rings. The van der Waals surface area contributed by atoms with E-state index in [-0.39, 0.29) is 26.2 Å². The van der Waals surface area contributed by atoms with Crippen molar-refractivity contribution >= 4 is 23.6 Å². The predicted octanol–water partition coefficient (Wildman–Crippen LogP) is 4.55. The number of aliphatic carboxylic acids is 1. The summed E-state index contributed by atoms with van der Waals surface area (Å²) in [6.07, 6.45) is 10.8. The number of carbonyl (C=O) groups is 2. The number of hydrogen-bond acceptors (Lipinski definition) is 3. The number of carboxylic acid groups (broad SMARTS) is 1. The van der Waals surface area contributed by atoms with Gasteiger partial charge in [0.25, 0.3) is 5.91 Å². The van der Waals surface area contributed by atoms with Gasteiger partial charge >= 0.3 is 24.8 Å². The molecule has 0 radical (unpaired) electrons. The first kappa shape index (κ1) is 31.1. The summed E-state index contributed by atoms with van der Waals surface area (Å²) in [5, 5.41) is 12.4. The summed E-state index contributed by atoms with van der Waals surface area (Å²) >= 11 is 1.57. The summed E-state index contributed by atoms with van der Waals surface area (Å²) in [7, 11) is 0. The van der Waals surface area contributed by atoms with Crippen LogP contribution in [0.1, 0.15) is 78.5 Å². The van der Waals surface area contributed by atoms with E-state index in [1.54, 1.807) is 11.8 Å². The van der Waals surface area contributed by atoms with E-state index in [4.69, 9.17) is 0 Å². The fraction of sp³-hybridized carbons (Fsp3) is 0.394. The van der Waals surface area contributed by atoms with Crippen LogP contribution >= 0.6 is 11.8 Å². The maximum Gasteiger partial charge on any atom is 1.00 e. The van der Waals surface area contributed by atoms with Crippen molar-refractivity contribution < 1.29 is 35.0 Å². The molecular formula is C33H40LiNO3S. The predicted molar refractivity (Wildman–Crippen MR) is 159 cm³/mol. The SMILES string of the molecule is CSCC[C@H](NC(=O)c1ccc(CCc2ccc(C3CCCCC3)cc2)cc1-c1ccccc1C)C(=O)O.[H-].[Li+]. The molecule has 1 fully saturated rings. The molecule has 202 valence electrons. The van der Waals surface area contributed by atoms with E-state index < -0.39 is 12.0 Å². The average Bonchev–Trinajstić information content (AvgIpc) is 2.95. The Labute approximate surface area is 251 Å². The Morgan fingerprint density at radius 3 is 2.28 bits per heavy atom. The number of rotatable bonds is 11. The molecule has 39 heavy (non-hydrogen) atoms. The smallest absolute Gasteiger partial charge is 1.00 e. The molecule has 6 heteroatoms. The van der Waals surface area contributed by atoms with Crippen LogP contribution in [-0.2, 0) is 17.6 Å². The second-order valence-corrected chi connectivity index (χ2v) is 11.4. The Morgan fingerprint density at radius 2 is 1.62 bits per heavy atom. The summed E-state index contributed by atoms with van der Waals surface area (Å²) in [6, 6.07) is 22.3. The first-order valence-corrected chi connectivity index (χ1v) is 15.2. The molecule has 2 N–H and O–H groups in total. The Morgan fingerprint density at radius 1 is 0.949 bits per heavy atom. The van der Waals surface area contributed by atoms with Crippen molar-refractivity contribution in [2.24, 2.45) is 0 Å². The summed E-state index contributed by atoms with van der Waals surface area (Å²) in [4.78, 5) is 25.0. The van der Waals surface area contributed by atoms with Crippen LogP contribution in [0.4, 0.5) is 0 Å². The van der Waals surface area contributed by atoms with Gasteiger partial charge in [0.1, 0.15) is 6.04 Å². The van der Waals surface area contributed by atoms with Gasteiger partial charge in [0.05, 0.1) is 0 Å². The van der Waals surface area contributed by atoms with Gasteiger partial charge in [-0.25, -0.2) is 4.79 Å². The van der Waals surface area contributed by atoms with E-state index in [1.165, 1.54) is 43.2 Å². The normalized spacial score (nSPS) is 14.3. The van der Waals surface area contributed by atoms with Crippen LogP contribution in [0.5, 0.6) is 0 Å². The van der Waals surface area contributed by atoms with E-state index in [0.717, 1.165) is 41.0 Å². The minimum atomic E-state index is -1.00. The van der Waals surface area contributed by atoms with Crippen LogP contribution in [0.15, 0.2) is 66.7 Å². The molecule has 0 aromatic heterocycles. The standard InChI is InChI=1S/C33H39NO3S.Li.H/c1-23-8-6-7-11-28(23)30-22-25(16-19-29(30)32(35)34-31(33(36)37)20-21-38-2)13-12-24-14-17-27(18-15-24)26-9-4-3-5-10-26;;/h6-8,11,14-19,22,26,31H,3-5,9-10,12-13,20-21H2,1-2H3,(H,34,35)(H,36,37);;/q;+1;-1/t31-;;/m0../s1. The molecule has 1 aliphatic carbocycles. The Kier molecular flexibility index (Phi) is 12.2. The maximum absolute atomic E-state index is 13.3. The minimum Gasteiger partial charge on any atom is -1.00 e. The summed E-state index contributed by atoms with van der Waals surface area (Å²) in [5.41, 5.74) is 7.38. The van der Waals surface area contributed by atoms with Crippen LogP contribution in [0.3, 0.4) is 0 Å². The fourth-order valence-corrected chi connectivity index (χ4v) is 5.92. The Hall–Kier alpha value is -2.45. The number of hydrogen-bond donors (Lipinski definition) is 2. The third kappa shape index (κ3) is 8.51. The van der Waals surface area contributed by atoms with Gasteiger partial charge < -0.3 is 11.8 Å². The second-order valence-electron chi connectivity index (χ2n) is 10.4. The topological polar surface area (TPSA) is 66.4 Å². The molecule has 1 aliphatic rings. The third-order valence-corrected chi connectivity index (χ3v) is 8.38. The monoisotopic (exact) mass is 537 g/mol. The number of carboxylic acids is 1. The molecule has 3 aromatic carbocycles. The van der Waals surface area contributed by atoms with Gasteiger partial charge in [-0.1, -0.05) is 79.9 Å². The molecular weight excluding hydrogens is 497 g/mol. The molecule has 0 aliphatic heterocycles. The number of amides is 1. The molecule has 0 bridgehead atoms. The largest absolute Gasteiger partial charge is 1.00 e. The molecule has 0 heterocycles. The van der Waals surface area contributed by atoms with Gasteiger partial charge in [-0.05, 0) is 96.4 Å². The average molecular weight is 538 g/mol. The van der Waals surface area contributed by atoms with Gasteiger partial charge in [0, 0.05) is 5.56 Å². The zero-order valence-electron chi connectivity index (χ0n) is 24.5. The Balaban J connectivity index is 0.00000280. The van der Waals surface area contributed by atoms with Crippen LogP contribution in [0.2, 0.25) is 0 Å². The molecule has 1 saturated carbocycles. The molecule has 4 rings (SSSR count). The number of thioether (sulfide) groups is 1.